The molecular weight excluding hydrogens is 598 g/mol. The van der Waals surface area contributed by atoms with Crippen LogP contribution in [0.5, 0.6) is 23.0 Å². The van der Waals surface area contributed by atoms with Crippen molar-refractivity contribution in [2.75, 3.05) is 4.90 Å². The quantitative estimate of drug-likeness (QED) is 0.212. The van der Waals surface area contributed by atoms with Crippen molar-refractivity contribution in [3.8, 4) is 28.7 Å². The molecule has 0 saturated carbocycles. The molecule has 0 atom stereocenters. The minimum Gasteiger partial charge on any atom is -0.458 e. The molecule has 0 saturated heterocycles. The Morgan fingerprint density at radius 2 is 1.02 bits per heavy atom. The lowest BCUT2D eigenvalue weighted by molar-refractivity contribution is 0.458. The molecule has 0 amide bonds. The van der Waals surface area contributed by atoms with Gasteiger partial charge in [-0.2, -0.15) is 0 Å². The van der Waals surface area contributed by atoms with Gasteiger partial charge < -0.3 is 18.9 Å². The molecule has 0 bridgehead atoms. The summed E-state index contributed by atoms with van der Waals surface area (Å²) in [7, 11) is 0. The fourth-order valence-corrected chi connectivity index (χ4v) is 9.34. The van der Waals surface area contributed by atoms with E-state index in [1.54, 1.807) is 0 Å². The van der Waals surface area contributed by atoms with Gasteiger partial charge >= 0.3 is 0 Å². The monoisotopic (exact) mass is 624 g/mol. The Bertz CT molecular complexity index is 2720. The second-order valence-electron chi connectivity index (χ2n) is 13.6. The molecule has 6 heteroatoms. The number of benzene rings is 7. The molecule has 7 aromatic carbocycles. The van der Waals surface area contributed by atoms with Gasteiger partial charge in [0, 0.05) is 56.2 Å². The van der Waals surface area contributed by atoms with Crippen LogP contribution in [0.4, 0.5) is 17.1 Å². The molecule has 0 N–H and O–H groups in total. The number of hydrogen-bond acceptors (Lipinski definition) is 3. The van der Waals surface area contributed by atoms with E-state index in [0.29, 0.717) is 0 Å². The second kappa shape index (κ2) is 9.06. The van der Waals surface area contributed by atoms with E-state index in [-0.39, 0.29) is 13.4 Å². The molecule has 0 aliphatic carbocycles. The summed E-state index contributed by atoms with van der Waals surface area (Å²) in [6, 6.07) is 50.2. The lowest BCUT2D eigenvalue weighted by atomic mass is 9.30. The van der Waals surface area contributed by atoms with Crippen molar-refractivity contribution in [3.05, 3.63) is 145 Å². The molecule has 49 heavy (non-hydrogen) atoms. The largest absolute Gasteiger partial charge is 0.458 e. The number of nitrogens with zero attached hydrogens (tertiary/aromatic N) is 2. The lowest BCUT2D eigenvalue weighted by Gasteiger charge is -2.41. The maximum Gasteiger partial charge on any atom is 0.256 e. The van der Waals surface area contributed by atoms with Crippen LogP contribution < -0.4 is 47.2 Å². The van der Waals surface area contributed by atoms with Gasteiger partial charge in [-0.15, -0.1) is 0 Å². The Morgan fingerprint density at radius 1 is 0.490 bits per heavy atom. The van der Waals surface area contributed by atoms with Crippen molar-refractivity contribution in [2.45, 2.75) is 6.92 Å². The van der Waals surface area contributed by atoms with Gasteiger partial charge in [-0.25, -0.2) is 0 Å². The van der Waals surface area contributed by atoms with Crippen LogP contribution in [0.15, 0.2) is 140 Å². The third kappa shape index (κ3) is 3.13. The molecule has 8 aromatic rings. The van der Waals surface area contributed by atoms with E-state index in [2.05, 4.69) is 156 Å². The number of anilines is 3. The molecule has 4 aliphatic rings. The third-order valence-electron chi connectivity index (χ3n) is 11.2. The standard InChI is InChI=1S/C43H26B2N2O2/c1-25-42-37-41-38-43(25)49-36-24-28(46(26-12-4-2-5-13-26)27-14-6-3-7-15-27)22-23-32(36)45(38)34-20-11-17-30-29-16-10-19-33(39(29)47(41)40(30)34)44(37)31-18-8-9-21-35(31)48-42/h2-24H,1H3. The molecule has 4 aliphatic heterocycles. The maximum atomic E-state index is 7.16. The number of para-hydroxylation sites is 5. The summed E-state index contributed by atoms with van der Waals surface area (Å²) >= 11 is 0. The van der Waals surface area contributed by atoms with Crippen LogP contribution in [0.1, 0.15) is 5.56 Å². The first-order valence-corrected chi connectivity index (χ1v) is 17.0. The first-order valence-electron chi connectivity index (χ1n) is 17.0. The highest BCUT2D eigenvalue weighted by Gasteiger charge is 2.49. The van der Waals surface area contributed by atoms with Crippen LogP contribution in [0.2, 0.25) is 0 Å². The highest BCUT2D eigenvalue weighted by Crippen LogP contribution is 2.45. The molecule has 226 valence electrons. The van der Waals surface area contributed by atoms with Crippen molar-refractivity contribution in [1.29, 1.82) is 0 Å². The normalized spacial score (nSPS) is 13.7. The lowest BCUT2D eigenvalue weighted by Crippen LogP contribution is -2.65. The summed E-state index contributed by atoms with van der Waals surface area (Å²) < 4.78 is 16.6. The molecule has 0 radical (unpaired) electrons. The molecule has 0 spiro atoms. The number of fused-ring (bicyclic) bond motifs is 7. The van der Waals surface area contributed by atoms with Crippen LogP contribution in [0.3, 0.4) is 0 Å². The minimum atomic E-state index is 0.0218. The van der Waals surface area contributed by atoms with Crippen molar-refractivity contribution in [1.82, 2.24) is 4.57 Å². The first kappa shape index (κ1) is 25.9. The van der Waals surface area contributed by atoms with Crippen LogP contribution in [-0.2, 0) is 0 Å². The number of rotatable bonds is 3. The Kier molecular flexibility index (Phi) is 4.79. The van der Waals surface area contributed by atoms with E-state index in [4.69, 9.17) is 9.47 Å². The van der Waals surface area contributed by atoms with Crippen molar-refractivity contribution in [3.63, 3.8) is 0 Å². The zero-order chi connectivity index (χ0) is 32.0. The van der Waals surface area contributed by atoms with Gasteiger partial charge in [0.05, 0.1) is 0 Å². The van der Waals surface area contributed by atoms with Gasteiger partial charge in [0.25, 0.3) is 13.4 Å². The number of ether oxygens (including phenoxy) is 2. The Morgan fingerprint density at radius 3 is 1.65 bits per heavy atom. The van der Waals surface area contributed by atoms with Gasteiger partial charge in [-0.1, -0.05) is 97.1 Å². The number of hydrogen-bond donors (Lipinski definition) is 0. The maximum absolute atomic E-state index is 7.16. The number of aromatic nitrogens is 1. The smallest absolute Gasteiger partial charge is 0.256 e. The van der Waals surface area contributed by atoms with Crippen molar-refractivity contribution < 1.29 is 9.47 Å². The SMILES string of the molecule is Cc1c2c3c4c5c1Oc1cc(N(c6ccccc6)c6ccccc6)ccc1B5c1cccc5c6cccc(c6n-4c15)B3c1ccccc1O2. The fraction of sp³-hybridized carbons (Fsp3) is 0.0233. The van der Waals surface area contributed by atoms with E-state index in [0.717, 1.165) is 45.6 Å². The Balaban J connectivity index is 1.18. The van der Waals surface area contributed by atoms with E-state index in [1.165, 1.54) is 60.3 Å². The molecule has 5 heterocycles. The van der Waals surface area contributed by atoms with E-state index >= 15 is 0 Å². The minimum absolute atomic E-state index is 0.0218. The molecular formula is C43H26B2N2O2. The summed E-state index contributed by atoms with van der Waals surface area (Å²) in [5.41, 5.74) is 15.7. The van der Waals surface area contributed by atoms with Crippen LogP contribution in [-0.4, -0.2) is 18.0 Å². The fourth-order valence-electron chi connectivity index (χ4n) is 9.34. The summed E-state index contributed by atoms with van der Waals surface area (Å²) in [5.74, 6) is 3.64. The molecule has 4 nitrogen and oxygen atoms in total. The zero-order valence-electron chi connectivity index (χ0n) is 26.6. The van der Waals surface area contributed by atoms with E-state index < -0.39 is 0 Å². The van der Waals surface area contributed by atoms with Gasteiger partial charge in [-0.05, 0) is 76.1 Å². The van der Waals surface area contributed by atoms with Crippen molar-refractivity contribution >= 4 is 85.1 Å². The van der Waals surface area contributed by atoms with Gasteiger partial charge in [-0.3, -0.25) is 0 Å². The molecule has 12 rings (SSSR count). The van der Waals surface area contributed by atoms with Gasteiger partial charge in [0.15, 0.2) is 0 Å². The zero-order valence-corrected chi connectivity index (χ0v) is 26.6. The topological polar surface area (TPSA) is 26.6 Å². The van der Waals surface area contributed by atoms with Crippen LogP contribution in [0, 0.1) is 6.92 Å². The van der Waals surface area contributed by atoms with Gasteiger partial charge in [0.1, 0.15) is 23.0 Å². The average molecular weight is 624 g/mol. The second-order valence-corrected chi connectivity index (χ2v) is 13.6. The summed E-state index contributed by atoms with van der Waals surface area (Å²) in [5, 5.41) is 2.60. The highest BCUT2D eigenvalue weighted by atomic mass is 16.5. The summed E-state index contributed by atoms with van der Waals surface area (Å²) in [4.78, 5) is 2.30. The average Bonchev–Trinajstić information content (AvgIpc) is 3.50. The van der Waals surface area contributed by atoms with E-state index in [1.807, 2.05) is 0 Å². The molecule has 1 aromatic heterocycles. The van der Waals surface area contributed by atoms with Crippen LogP contribution in [0.25, 0.3) is 27.5 Å². The summed E-state index contributed by atoms with van der Waals surface area (Å²) in [6.45, 7) is 2.28. The predicted octanol–water partition coefficient (Wildman–Crippen LogP) is 6.43. The van der Waals surface area contributed by atoms with E-state index in [9.17, 15) is 0 Å². The first-order chi connectivity index (χ1) is 24.3. The van der Waals surface area contributed by atoms with Gasteiger partial charge in [0.2, 0.25) is 0 Å². The van der Waals surface area contributed by atoms with Crippen molar-refractivity contribution in [2.24, 2.45) is 0 Å². The Hall–Kier alpha value is -6.13. The van der Waals surface area contributed by atoms with Crippen LogP contribution >= 0.6 is 0 Å². The molecule has 0 fully saturated rings. The summed E-state index contributed by atoms with van der Waals surface area (Å²) in [6.07, 6.45) is 0. The molecule has 0 unspecified atom stereocenters. The highest BCUT2D eigenvalue weighted by molar-refractivity contribution is 7.03. The predicted molar refractivity (Wildman–Crippen MR) is 203 cm³/mol. The Labute approximate surface area is 283 Å². The third-order valence-corrected chi connectivity index (χ3v) is 11.2.